The zero-order chi connectivity index (χ0) is 18.0. The van der Waals surface area contributed by atoms with Crippen LogP contribution in [0.15, 0.2) is 33.5 Å². The van der Waals surface area contributed by atoms with Crippen LogP contribution in [0.5, 0.6) is 11.5 Å². The second-order valence-corrected chi connectivity index (χ2v) is 7.10. The minimum atomic E-state index is -0.0909. The average molecular weight is 375 g/mol. The van der Waals surface area contributed by atoms with E-state index in [4.69, 9.17) is 9.47 Å². The number of amides is 1. The number of thiazole rings is 1. The Bertz CT molecular complexity index is 874. The van der Waals surface area contributed by atoms with Crippen LogP contribution in [0, 0.1) is 6.92 Å². The van der Waals surface area contributed by atoms with E-state index in [0.29, 0.717) is 26.7 Å². The van der Waals surface area contributed by atoms with E-state index in [-0.39, 0.29) is 5.91 Å². The van der Waals surface area contributed by atoms with Gasteiger partial charge in [-0.3, -0.25) is 9.69 Å². The molecule has 0 spiro atoms. The number of ether oxygens (including phenoxy) is 2. The number of aromatic nitrogens is 1. The molecular formula is C17H17N3O3S2. The summed E-state index contributed by atoms with van der Waals surface area (Å²) in [6.07, 6.45) is 1.82. The van der Waals surface area contributed by atoms with Crippen LogP contribution in [-0.4, -0.2) is 42.2 Å². The number of hydrogen-bond acceptors (Lipinski definition) is 7. The second-order valence-electron chi connectivity index (χ2n) is 5.26. The molecule has 0 saturated carbocycles. The minimum absolute atomic E-state index is 0.0909. The predicted octanol–water partition coefficient (Wildman–Crippen LogP) is 3.70. The Morgan fingerprint density at radius 2 is 2.00 bits per heavy atom. The van der Waals surface area contributed by atoms with Crippen molar-refractivity contribution in [1.82, 2.24) is 9.88 Å². The molecule has 1 saturated heterocycles. The van der Waals surface area contributed by atoms with E-state index in [2.05, 4.69) is 9.98 Å². The summed E-state index contributed by atoms with van der Waals surface area (Å²) in [5.41, 5.74) is 1.77. The van der Waals surface area contributed by atoms with Crippen LogP contribution in [0.1, 0.15) is 11.3 Å². The van der Waals surface area contributed by atoms with Gasteiger partial charge in [-0.05, 0) is 42.5 Å². The van der Waals surface area contributed by atoms with Crippen LogP contribution in [0.3, 0.4) is 0 Å². The Morgan fingerprint density at radius 1 is 1.24 bits per heavy atom. The topological polar surface area (TPSA) is 64.0 Å². The first-order chi connectivity index (χ1) is 12.0. The molecule has 130 valence electrons. The lowest BCUT2D eigenvalue weighted by atomic mass is 10.2. The minimum Gasteiger partial charge on any atom is -0.493 e. The Labute approximate surface area is 154 Å². The summed E-state index contributed by atoms with van der Waals surface area (Å²) in [6.45, 7) is 1.92. The van der Waals surface area contributed by atoms with Gasteiger partial charge in [-0.15, -0.1) is 11.3 Å². The molecule has 25 heavy (non-hydrogen) atoms. The van der Waals surface area contributed by atoms with Crippen LogP contribution in [0.2, 0.25) is 0 Å². The number of aryl methyl sites for hydroxylation is 1. The molecule has 3 rings (SSSR count). The van der Waals surface area contributed by atoms with Gasteiger partial charge in [0.15, 0.2) is 16.7 Å². The van der Waals surface area contributed by atoms with Crippen molar-refractivity contribution in [1.29, 1.82) is 0 Å². The van der Waals surface area contributed by atoms with E-state index >= 15 is 0 Å². The maximum Gasteiger partial charge on any atom is 0.266 e. The van der Waals surface area contributed by atoms with Crippen molar-refractivity contribution in [2.24, 2.45) is 4.99 Å². The fraction of sp³-hybridized carbons (Fsp3) is 0.235. The summed E-state index contributed by atoms with van der Waals surface area (Å²) in [4.78, 5) is 23.4. The Morgan fingerprint density at radius 3 is 2.64 bits per heavy atom. The maximum absolute atomic E-state index is 12.5. The molecule has 0 N–H and O–H groups in total. The van der Waals surface area contributed by atoms with Crippen molar-refractivity contribution in [2.75, 3.05) is 21.3 Å². The standard InChI is InChI=1S/C17H17N3O3S2/c1-10-9-24-16(18-10)19-17-20(2)15(21)14(25-17)8-11-5-6-12(22-3)13(7-11)23-4/h5-9H,1-4H3/b14-8-,19-17+. The molecule has 6 nitrogen and oxygen atoms in total. The molecule has 0 bridgehead atoms. The van der Waals surface area contributed by atoms with Crippen molar-refractivity contribution >= 4 is 45.4 Å². The van der Waals surface area contributed by atoms with Gasteiger partial charge < -0.3 is 9.47 Å². The molecule has 1 amide bonds. The monoisotopic (exact) mass is 375 g/mol. The third kappa shape index (κ3) is 3.69. The number of hydrogen-bond donors (Lipinski definition) is 0. The molecule has 1 aromatic heterocycles. The third-order valence-corrected chi connectivity index (χ3v) is 5.42. The van der Waals surface area contributed by atoms with Gasteiger partial charge in [0.25, 0.3) is 5.91 Å². The van der Waals surface area contributed by atoms with Gasteiger partial charge in [-0.25, -0.2) is 4.98 Å². The lowest BCUT2D eigenvalue weighted by Crippen LogP contribution is -2.23. The number of benzene rings is 1. The van der Waals surface area contributed by atoms with E-state index in [1.54, 1.807) is 21.3 Å². The summed E-state index contributed by atoms with van der Waals surface area (Å²) in [5, 5.41) is 3.19. The smallest absolute Gasteiger partial charge is 0.266 e. The first kappa shape index (κ1) is 17.5. The SMILES string of the molecule is COc1ccc(/C=C2\S/C(=N/c3nc(C)cs3)N(C)C2=O)cc1OC. The average Bonchev–Trinajstić information content (AvgIpc) is 3.13. The summed E-state index contributed by atoms with van der Waals surface area (Å²) < 4.78 is 10.5. The van der Waals surface area contributed by atoms with Gasteiger partial charge in [-0.2, -0.15) is 4.99 Å². The van der Waals surface area contributed by atoms with Crippen LogP contribution in [-0.2, 0) is 4.79 Å². The number of likely N-dealkylation sites (N-methyl/N-ethyl adjacent to an activating group) is 1. The Hall–Kier alpha value is -2.32. The normalized spacial score (nSPS) is 17.6. The second kappa shape index (κ2) is 7.28. The van der Waals surface area contributed by atoms with Gasteiger partial charge in [-0.1, -0.05) is 6.07 Å². The van der Waals surface area contributed by atoms with Crippen LogP contribution in [0.4, 0.5) is 5.13 Å². The molecule has 1 aliphatic heterocycles. The van der Waals surface area contributed by atoms with Gasteiger partial charge >= 0.3 is 0 Å². The highest BCUT2D eigenvalue weighted by Gasteiger charge is 2.30. The van der Waals surface area contributed by atoms with Crippen LogP contribution >= 0.6 is 23.1 Å². The van der Waals surface area contributed by atoms with Crippen LogP contribution in [0.25, 0.3) is 6.08 Å². The molecule has 0 unspecified atom stereocenters. The molecule has 1 fully saturated rings. The molecule has 0 atom stereocenters. The van der Waals surface area contributed by atoms with Crippen LogP contribution < -0.4 is 9.47 Å². The van der Waals surface area contributed by atoms with E-state index in [1.165, 1.54) is 28.0 Å². The number of aliphatic imine (C=N–C) groups is 1. The van der Waals surface area contributed by atoms with E-state index in [0.717, 1.165) is 11.3 Å². The fourth-order valence-electron chi connectivity index (χ4n) is 2.22. The number of carbonyl (C=O) groups excluding carboxylic acids is 1. The zero-order valence-corrected chi connectivity index (χ0v) is 15.9. The summed E-state index contributed by atoms with van der Waals surface area (Å²) in [5.74, 6) is 1.17. The molecule has 8 heteroatoms. The molecule has 1 aliphatic rings. The quantitative estimate of drug-likeness (QED) is 0.763. The summed E-state index contributed by atoms with van der Waals surface area (Å²) in [6, 6.07) is 5.52. The molecule has 0 radical (unpaired) electrons. The molecule has 2 heterocycles. The largest absolute Gasteiger partial charge is 0.493 e. The molecule has 0 aliphatic carbocycles. The zero-order valence-electron chi connectivity index (χ0n) is 14.3. The van der Waals surface area contributed by atoms with E-state index in [9.17, 15) is 4.79 Å². The summed E-state index contributed by atoms with van der Waals surface area (Å²) >= 11 is 2.79. The number of nitrogens with zero attached hydrogens (tertiary/aromatic N) is 3. The van der Waals surface area contributed by atoms with Crippen molar-refractivity contribution in [3.05, 3.63) is 39.7 Å². The van der Waals surface area contributed by atoms with Gasteiger partial charge in [0.1, 0.15) is 0 Å². The highest BCUT2D eigenvalue weighted by molar-refractivity contribution is 8.18. The van der Waals surface area contributed by atoms with E-state index < -0.39 is 0 Å². The number of amidine groups is 1. The molecule has 2 aromatic rings. The first-order valence-corrected chi connectivity index (χ1v) is 9.12. The number of carbonyl (C=O) groups is 1. The highest BCUT2D eigenvalue weighted by Crippen LogP contribution is 2.35. The lowest BCUT2D eigenvalue weighted by Gasteiger charge is -2.08. The van der Waals surface area contributed by atoms with Crippen molar-refractivity contribution in [2.45, 2.75) is 6.92 Å². The number of methoxy groups -OCH3 is 2. The van der Waals surface area contributed by atoms with Gasteiger partial charge in [0.2, 0.25) is 5.13 Å². The third-order valence-electron chi connectivity index (χ3n) is 3.51. The molecule has 1 aromatic carbocycles. The maximum atomic E-state index is 12.5. The Balaban J connectivity index is 1.89. The van der Waals surface area contributed by atoms with Crippen molar-refractivity contribution in [3.63, 3.8) is 0 Å². The van der Waals surface area contributed by atoms with E-state index in [1.807, 2.05) is 36.6 Å². The summed E-state index contributed by atoms with van der Waals surface area (Å²) in [7, 11) is 4.88. The van der Waals surface area contributed by atoms with Gasteiger partial charge in [0, 0.05) is 12.4 Å². The predicted molar refractivity (Wildman–Crippen MR) is 102 cm³/mol. The lowest BCUT2D eigenvalue weighted by molar-refractivity contribution is -0.121. The van der Waals surface area contributed by atoms with Crippen molar-refractivity contribution < 1.29 is 14.3 Å². The fourth-order valence-corrected chi connectivity index (χ4v) is 3.91. The number of rotatable bonds is 4. The first-order valence-electron chi connectivity index (χ1n) is 7.42. The van der Waals surface area contributed by atoms with Gasteiger partial charge in [0.05, 0.1) is 24.8 Å². The Kier molecular flexibility index (Phi) is 5.10. The molecular weight excluding hydrogens is 358 g/mol. The van der Waals surface area contributed by atoms with Crippen molar-refractivity contribution in [3.8, 4) is 11.5 Å². The highest BCUT2D eigenvalue weighted by atomic mass is 32.2. The number of thioether (sulfide) groups is 1.